The molecule has 0 aliphatic carbocycles. The minimum absolute atomic E-state index is 0.105. The van der Waals surface area contributed by atoms with E-state index in [1.54, 1.807) is 0 Å². The molecule has 1 N–H and O–H groups in total. The normalized spacial score (nSPS) is 11.9. The maximum Gasteiger partial charge on any atom is 0.573 e. The number of nitrogens with zero attached hydrogens (tertiary/aromatic N) is 1. The number of ether oxygens (including phenoxy) is 1. The highest BCUT2D eigenvalue weighted by Crippen LogP contribution is 2.27. The highest BCUT2D eigenvalue weighted by molar-refractivity contribution is 7.89. The molecular formula is C18H17F5N2O4S. The van der Waals surface area contributed by atoms with Crippen LogP contribution in [0.25, 0.3) is 0 Å². The van der Waals surface area contributed by atoms with Gasteiger partial charge in [0.2, 0.25) is 15.9 Å². The van der Waals surface area contributed by atoms with Crippen molar-refractivity contribution in [2.24, 2.45) is 0 Å². The van der Waals surface area contributed by atoms with E-state index in [0.29, 0.717) is 12.1 Å². The molecule has 0 bridgehead atoms. The number of sulfonamides is 1. The third-order valence-corrected chi connectivity index (χ3v) is 5.32. The summed E-state index contributed by atoms with van der Waals surface area (Å²) in [6.45, 7) is -0.563. The van der Waals surface area contributed by atoms with Crippen molar-refractivity contribution in [2.75, 3.05) is 13.6 Å². The van der Waals surface area contributed by atoms with Gasteiger partial charge in [-0.25, -0.2) is 21.9 Å². The summed E-state index contributed by atoms with van der Waals surface area (Å²) < 4.78 is 93.7. The van der Waals surface area contributed by atoms with Crippen LogP contribution in [0.5, 0.6) is 5.75 Å². The molecule has 0 spiro atoms. The average Bonchev–Trinajstić information content (AvgIpc) is 2.64. The summed E-state index contributed by atoms with van der Waals surface area (Å²) in [6.07, 6.45) is -5.21. The van der Waals surface area contributed by atoms with Gasteiger partial charge in [0, 0.05) is 32.1 Å². The fourth-order valence-corrected chi connectivity index (χ4v) is 3.46. The standard InChI is InChI=1S/C18H17F5N2O4S/c1-25(11-12-4-2-3-5-16(12)29-18(21,22)23)17(26)8-9-24-30(27,28)13-6-7-14(19)15(20)10-13/h2-7,10,24H,8-9,11H2,1H3. The molecule has 12 heteroatoms. The van der Waals surface area contributed by atoms with E-state index < -0.39 is 44.6 Å². The third-order valence-electron chi connectivity index (χ3n) is 3.86. The Labute approximate surface area is 169 Å². The van der Waals surface area contributed by atoms with E-state index in [1.165, 1.54) is 25.2 Å². The van der Waals surface area contributed by atoms with Gasteiger partial charge in [0.15, 0.2) is 11.6 Å². The van der Waals surface area contributed by atoms with E-state index in [1.807, 2.05) is 0 Å². The summed E-state index contributed by atoms with van der Waals surface area (Å²) in [6, 6.07) is 7.32. The Morgan fingerprint density at radius 1 is 1.10 bits per heavy atom. The Bertz CT molecular complexity index is 1010. The predicted molar refractivity (Wildman–Crippen MR) is 95.8 cm³/mol. The second-order valence-corrected chi connectivity index (χ2v) is 7.90. The Balaban J connectivity index is 1.95. The van der Waals surface area contributed by atoms with E-state index in [-0.39, 0.29) is 25.1 Å². The summed E-state index contributed by atoms with van der Waals surface area (Å²) in [4.78, 5) is 12.8. The van der Waals surface area contributed by atoms with Crippen molar-refractivity contribution >= 4 is 15.9 Å². The molecule has 0 aromatic heterocycles. The zero-order chi connectivity index (χ0) is 22.5. The van der Waals surface area contributed by atoms with Gasteiger partial charge in [-0.05, 0) is 24.3 Å². The fraction of sp³-hybridized carbons (Fsp3) is 0.278. The molecule has 2 aromatic carbocycles. The number of benzene rings is 2. The van der Waals surface area contributed by atoms with Crippen LogP contribution in [-0.4, -0.2) is 39.2 Å². The van der Waals surface area contributed by atoms with Crippen molar-refractivity contribution in [2.45, 2.75) is 24.2 Å². The Hall–Kier alpha value is -2.73. The first-order valence-corrected chi connectivity index (χ1v) is 9.90. The van der Waals surface area contributed by atoms with Gasteiger partial charge in [0.1, 0.15) is 5.75 Å². The molecule has 0 saturated heterocycles. The van der Waals surface area contributed by atoms with Crippen LogP contribution in [0.1, 0.15) is 12.0 Å². The lowest BCUT2D eigenvalue weighted by molar-refractivity contribution is -0.275. The minimum Gasteiger partial charge on any atom is -0.405 e. The number of hydrogen-bond acceptors (Lipinski definition) is 4. The molecule has 0 heterocycles. The number of para-hydroxylation sites is 1. The fourth-order valence-electron chi connectivity index (χ4n) is 2.41. The van der Waals surface area contributed by atoms with Gasteiger partial charge in [-0.3, -0.25) is 4.79 Å². The van der Waals surface area contributed by atoms with Crippen LogP contribution in [0.15, 0.2) is 47.4 Å². The molecular weight excluding hydrogens is 435 g/mol. The molecule has 1 amide bonds. The molecule has 30 heavy (non-hydrogen) atoms. The van der Waals surface area contributed by atoms with Crippen LogP contribution >= 0.6 is 0 Å². The monoisotopic (exact) mass is 452 g/mol. The van der Waals surface area contributed by atoms with Crippen LogP contribution in [-0.2, 0) is 21.4 Å². The summed E-state index contributed by atoms with van der Waals surface area (Å²) in [5.41, 5.74) is 0.105. The van der Waals surface area contributed by atoms with Gasteiger partial charge in [-0.1, -0.05) is 18.2 Å². The number of rotatable bonds is 8. The second kappa shape index (κ2) is 9.39. The molecule has 0 aliphatic rings. The minimum atomic E-state index is -4.89. The highest BCUT2D eigenvalue weighted by atomic mass is 32.2. The van der Waals surface area contributed by atoms with Crippen molar-refractivity contribution in [3.05, 3.63) is 59.7 Å². The maximum absolute atomic E-state index is 13.2. The molecule has 6 nitrogen and oxygen atoms in total. The zero-order valence-electron chi connectivity index (χ0n) is 15.5. The van der Waals surface area contributed by atoms with Gasteiger partial charge in [0.05, 0.1) is 4.90 Å². The van der Waals surface area contributed by atoms with Crippen LogP contribution < -0.4 is 9.46 Å². The number of hydrogen-bond donors (Lipinski definition) is 1. The lowest BCUT2D eigenvalue weighted by Gasteiger charge is -2.20. The maximum atomic E-state index is 13.2. The first kappa shape index (κ1) is 23.5. The molecule has 0 saturated carbocycles. The van der Waals surface area contributed by atoms with Crippen LogP contribution in [0.4, 0.5) is 22.0 Å². The zero-order valence-corrected chi connectivity index (χ0v) is 16.4. The van der Waals surface area contributed by atoms with Crippen molar-refractivity contribution < 1.29 is 39.9 Å². The quantitative estimate of drug-likeness (QED) is 0.625. The van der Waals surface area contributed by atoms with Gasteiger partial charge in [-0.2, -0.15) is 0 Å². The Kier molecular flexibility index (Phi) is 7.37. The van der Waals surface area contributed by atoms with E-state index in [0.717, 1.165) is 17.0 Å². The second-order valence-electron chi connectivity index (χ2n) is 6.13. The van der Waals surface area contributed by atoms with Crippen LogP contribution in [0, 0.1) is 11.6 Å². The van der Waals surface area contributed by atoms with Crippen LogP contribution in [0.2, 0.25) is 0 Å². The molecule has 164 valence electrons. The van der Waals surface area contributed by atoms with E-state index >= 15 is 0 Å². The van der Waals surface area contributed by atoms with Gasteiger partial charge in [-0.15, -0.1) is 13.2 Å². The van der Waals surface area contributed by atoms with Gasteiger partial charge in [0.25, 0.3) is 0 Å². The van der Waals surface area contributed by atoms with Crippen molar-refractivity contribution in [3.8, 4) is 5.75 Å². The number of halogens is 5. The number of alkyl halides is 3. The third kappa shape index (κ3) is 6.66. The number of carbonyl (C=O) groups excluding carboxylic acids is 1. The van der Waals surface area contributed by atoms with E-state index in [2.05, 4.69) is 9.46 Å². The summed E-state index contributed by atoms with van der Waals surface area (Å²) in [7, 11) is -2.85. The molecule has 0 unspecified atom stereocenters. The number of nitrogens with one attached hydrogen (secondary N) is 1. The average molecular weight is 452 g/mol. The van der Waals surface area contributed by atoms with E-state index in [4.69, 9.17) is 0 Å². The molecule has 0 radical (unpaired) electrons. The van der Waals surface area contributed by atoms with Crippen molar-refractivity contribution in [1.29, 1.82) is 0 Å². The number of amides is 1. The van der Waals surface area contributed by atoms with Gasteiger partial charge < -0.3 is 9.64 Å². The molecule has 0 fully saturated rings. The van der Waals surface area contributed by atoms with E-state index in [9.17, 15) is 35.2 Å². The topological polar surface area (TPSA) is 75.7 Å². The number of carbonyl (C=O) groups is 1. The largest absolute Gasteiger partial charge is 0.573 e. The Morgan fingerprint density at radius 3 is 2.40 bits per heavy atom. The van der Waals surface area contributed by atoms with Crippen molar-refractivity contribution in [3.63, 3.8) is 0 Å². The lowest BCUT2D eigenvalue weighted by atomic mass is 10.2. The first-order valence-electron chi connectivity index (χ1n) is 8.41. The van der Waals surface area contributed by atoms with Crippen LogP contribution in [0.3, 0.4) is 0 Å². The lowest BCUT2D eigenvalue weighted by Crippen LogP contribution is -2.32. The molecule has 2 aromatic rings. The molecule has 2 rings (SSSR count). The predicted octanol–water partition coefficient (Wildman–Crippen LogP) is 3.19. The Morgan fingerprint density at radius 2 is 1.77 bits per heavy atom. The SMILES string of the molecule is CN(Cc1ccccc1OC(F)(F)F)C(=O)CCNS(=O)(=O)c1ccc(F)c(F)c1. The first-order chi connectivity index (χ1) is 13.9. The molecule has 0 atom stereocenters. The van der Waals surface area contributed by atoms with Crippen molar-refractivity contribution in [1.82, 2.24) is 9.62 Å². The highest BCUT2D eigenvalue weighted by Gasteiger charge is 2.32. The summed E-state index contributed by atoms with van der Waals surface area (Å²) in [5, 5.41) is 0. The summed E-state index contributed by atoms with van der Waals surface area (Å²) in [5.74, 6) is -3.57. The molecule has 0 aliphatic heterocycles. The summed E-state index contributed by atoms with van der Waals surface area (Å²) >= 11 is 0. The smallest absolute Gasteiger partial charge is 0.405 e. The van der Waals surface area contributed by atoms with Gasteiger partial charge >= 0.3 is 6.36 Å².